The molecule has 0 aliphatic rings. The van der Waals surface area contributed by atoms with Crippen LogP contribution in [0.25, 0.3) is 0 Å². The molecular formula is C7H10N2O. The summed E-state index contributed by atoms with van der Waals surface area (Å²) in [6.45, 7) is 0.121. The molecule has 1 rings (SSSR count). The average molecular weight is 138 g/mol. The predicted molar refractivity (Wildman–Crippen MR) is 39.4 cm³/mol. The molecule has 0 amide bonds. The number of hydrogen-bond donors (Lipinski definition) is 2. The predicted octanol–water partition coefficient (Wildman–Crippen LogP) is 0.199. The Kier molecular flexibility index (Phi) is 2.23. The van der Waals surface area contributed by atoms with E-state index in [1.165, 1.54) is 0 Å². The van der Waals surface area contributed by atoms with Gasteiger partial charge in [0.1, 0.15) is 0 Å². The molecule has 1 aromatic rings. The molecule has 0 aliphatic heterocycles. The van der Waals surface area contributed by atoms with Crippen LogP contribution in [0.4, 0.5) is 5.69 Å². The molecule has 0 unspecified atom stereocenters. The van der Waals surface area contributed by atoms with E-state index in [1.807, 2.05) is 0 Å². The Balaban J connectivity index is 2.75. The lowest BCUT2D eigenvalue weighted by molar-refractivity contribution is 0.298. The van der Waals surface area contributed by atoms with Crippen molar-refractivity contribution in [3.05, 3.63) is 24.0 Å². The number of nitrogens with two attached hydrogens (primary N) is 1. The zero-order valence-corrected chi connectivity index (χ0v) is 5.62. The van der Waals surface area contributed by atoms with Crippen molar-refractivity contribution in [1.82, 2.24) is 4.98 Å². The Morgan fingerprint density at radius 2 is 2.40 bits per heavy atom. The fraction of sp³-hybridized carbons (Fsp3) is 0.286. The number of hydrogen-bond acceptors (Lipinski definition) is 3. The van der Waals surface area contributed by atoms with Crippen molar-refractivity contribution in [3.63, 3.8) is 0 Å². The maximum Gasteiger partial charge on any atom is 0.0486 e. The van der Waals surface area contributed by atoms with Crippen LogP contribution in [0.3, 0.4) is 0 Å². The minimum absolute atomic E-state index is 0.121. The van der Waals surface area contributed by atoms with E-state index in [0.29, 0.717) is 12.1 Å². The molecule has 10 heavy (non-hydrogen) atoms. The van der Waals surface area contributed by atoms with Crippen LogP contribution in [-0.2, 0) is 6.42 Å². The number of nitrogen functional groups attached to an aromatic ring is 1. The first-order valence-corrected chi connectivity index (χ1v) is 3.14. The van der Waals surface area contributed by atoms with Crippen LogP contribution in [0.2, 0.25) is 0 Å². The summed E-state index contributed by atoms with van der Waals surface area (Å²) in [5.41, 5.74) is 7.00. The molecule has 1 aromatic heterocycles. The highest BCUT2D eigenvalue weighted by molar-refractivity contribution is 5.37. The van der Waals surface area contributed by atoms with Gasteiger partial charge in [0.05, 0.1) is 0 Å². The summed E-state index contributed by atoms with van der Waals surface area (Å²) >= 11 is 0. The van der Waals surface area contributed by atoms with Gasteiger partial charge in [0.25, 0.3) is 0 Å². The summed E-state index contributed by atoms with van der Waals surface area (Å²) in [5, 5.41) is 8.53. The Morgan fingerprint density at radius 3 is 3.00 bits per heavy atom. The van der Waals surface area contributed by atoms with Crippen LogP contribution >= 0.6 is 0 Å². The molecule has 0 spiro atoms. The molecule has 3 heteroatoms. The second-order valence-electron chi connectivity index (χ2n) is 2.05. The second kappa shape index (κ2) is 3.17. The van der Waals surface area contributed by atoms with Crippen molar-refractivity contribution < 1.29 is 5.11 Å². The van der Waals surface area contributed by atoms with E-state index in [2.05, 4.69) is 4.98 Å². The van der Waals surface area contributed by atoms with Gasteiger partial charge in [-0.3, -0.25) is 4.98 Å². The maximum absolute atomic E-state index is 8.53. The van der Waals surface area contributed by atoms with Crippen LogP contribution in [0.1, 0.15) is 5.69 Å². The van der Waals surface area contributed by atoms with Gasteiger partial charge in [0, 0.05) is 30.6 Å². The molecule has 1 heterocycles. The summed E-state index contributed by atoms with van der Waals surface area (Å²) in [5.74, 6) is 0. The maximum atomic E-state index is 8.53. The van der Waals surface area contributed by atoms with Crippen molar-refractivity contribution in [2.24, 2.45) is 0 Å². The molecule has 0 aromatic carbocycles. The monoisotopic (exact) mass is 138 g/mol. The van der Waals surface area contributed by atoms with Gasteiger partial charge in [-0.25, -0.2) is 0 Å². The summed E-state index contributed by atoms with van der Waals surface area (Å²) in [4.78, 5) is 3.99. The summed E-state index contributed by atoms with van der Waals surface area (Å²) in [6, 6.07) is 3.48. The lowest BCUT2D eigenvalue weighted by Gasteiger charge is -1.96. The van der Waals surface area contributed by atoms with E-state index >= 15 is 0 Å². The number of pyridine rings is 1. The minimum atomic E-state index is 0.121. The number of aromatic nitrogens is 1. The lowest BCUT2D eigenvalue weighted by atomic mass is 10.2. The molecule has 0 bridgehead atoms. The highest BCUT2D eigenvalue weighted by Gasteiger charge is 1.91. The molecule has 0 fully saturated rings. The largest absolute Gasteiger partial charge is 0.399 e. The molecule has 0 radical (unpaired) electrons. The van der Waals surface area contributed by atoms with Crippen LogP contribution < -0.4 is 5.73 Å². The zero-order chi connectivity index (χ0) is 7.40. The first kappa shape index (κ1) is 7.02. The first-order valence-electron chi connectivity index (χ1n) is 3.14. The van der Waals surface area contributed by atoms with E-state index in [4.69, 9.17) is 10.8 Å². The van der Waals surface area contributed by atoms with Gasteiger partial charge in [-0.2, -0.15) is 0 Å². The van der Waals surface area contributed by atoms with Crippen LogP contribution in [0, 0.1) is 0 Å². The van der Waals surface area contributed by atoms with E-state index in [1.54, 1.807) is 18.3 Å². The Hall–Kier alpha value is -1.09. The van der Waals surface area contributed by atoms with Gasteiger partial charge in [-0.1, -0.05) is 0 Å². The lowest BCUT2D eigenvalue weighted by Crippen LogP contribution is -1.95. The SMILES string of the molecule is Nc1ccnc(CCO)c1. The van der Waals surface area contributed by atoms with E-state index < -0.39 is 0 Å². The first-order chi connectivity index (χ1) is 4.83. The van der Waals surface area contributed by atoms with Gasteiger partial charge in [-0.15, -0.1) is 0 Å². The Morgan fingerprint density at radius 1 is 1.60 bits per heavy atom. The highest BCUT2D eigenvalue weighted by Crippen LogP contribution is 2.02. The highest BCUT2D eigenvalue weighted by atomic mass is 16.3. The molecule has 0 aliphatic carbocycles. The summed E-state index contributed by atoms with van der Waals surface area (Å²) < 4.78 is 0. The normalized spacial score (nSPS) is 9.70. The van der Waals surface area contributed by atoms with E-state index in [9.17, 15) is 0 Å². The quantitative estimate of drug-likeness (QED) is 0.613. The Bertz CT molecular complexity index is 213. The van der Waals surface area contributed by atoms with Crippen molar-refractivity contribution in [3.8, 4) is 0 Å². The Labute approximate surface area is 59.5 Å². The van der Waals surface area contributed by atoms with Crippen LogP contribution in [0.5, 0.6) is 0 Å². The van der Waals surface area contributed by atoms with Gasteiger partial charge in [0.2, 0.25) is 0 Å². The molecule has 3 N–H and O–H groups in total. The van der Waals surface area contributed by atoms with Crippen molar-refractivity contribution in [2.45, 2.75) is 6.42 Å². The third-order valence-corrected chi connectivity index (χ3v) is 1.21. The average Bonchev–Trinajstić information content (AvgIpc) is 1.88. The van der Waals surface area contributed by atoms with Gasteiger partial charge >= 0.3 is 0 Å². The smallest absolute Gasteiger partial charge is 0.0486 e. The van der Waals surface area contributed by atoms with Crippen molar-refractivity contribution in [2.75, 3.05) is 12.3 Å². The van der Waals surface area contributed by atoms with Crippen molar-refractivity contribution >= 4 is 5.69 Å². The number of aliphatic hydroxyl groups is 1. The molecular weight excluding hydrogens is 128 g/mol. The van der Waals surface area contributed by atoms with Gasteiger partial charge in [-0.05, 0) is 12.1 Å². The number of nitrogens with zero attached hydrogens (tertiary/aromatic N) is 1. The summed E-state index contributed by atoms with van der Waals surface area (Å²) in [6.07, 6.45) is 2.21. The van der Waals surface area contributed by atoms with E-state index in [-0.39, 0.29) is 6.61 Å². The molecule has 0 saturated carbocycles. The molecule has 54 valence electrons. The molecule has 0 atom stereocenters. The van der Waals surface area contributed by atoms with E-state index in [0.717, 1.165) is 5.69 Å². The van der Waals surface area contributed by atoms with Gasteiger partial charge in [0.15, 0.2) is 0 Å². The standard InChI is InChI=1S/C7H10N2O/c8-6-1-3-9-7(5-6)2-4-10/h1,3,5,10H,2,4H2,(H2,8,9). The van der Waals surface area contributed by atoms with Gasteiger partial charge < -0.3 is 10.8 Å². The number of anilines is 1. The molecule has 0 saturated heterocycles. The van der Waals surface area contributed by atoms with Crippen molar-refractivity contribution in [1.29, 1.82) is 0 Å². The molecule has 3 nitrogen and oxygen atoms in total. The zero-order valence-electron chi connectivity index (χ0n) is 5.62. The third-order valence-electron chi connectivity index (χ3n) is 1.21. The second-order valence-corrected chi connectivity index (χ2v) is 2.05. The van der Waals surface area contributed by atoms with Crippen LogP contribution in [0.15, 0.2) is 18.3 Å². The number of aliphatic hydroxyl groups excluding tert-OH is 1. The topological polar surface area (TPSA) is 59.1 Å². The number of rotatable bonds is 2. The minimum Gasteiger partial charge on any atom is -0.399 e. The summed E-state index contributed by atoms with van der Waals surface area (Å²) in [7, 11) is 0. The van der Waals surface area contributed by atoms with Crippen LogP contribution in [-0.4, -0.2) is 16.7 Å². The third kappa shape index (κ3) is 1.70. The fourth-order valence-corrected chi connectivity index (χ4v) is 0.748. The fourth-order valence-electron chi connectivity index (χ4n) is 0.748.